The van der Waals surface area contributed by atoms with Crippen molar-refractivity contribution in [3.8, 4) is 0 Å². The highest BCUT2D eigenvalue weighted by Gasteiger charge is 2.43. The largest absolute Gasteiger partial charge is 0.368 e. The van der Waals surface area contributed by atoms with Crippen LogP contribution in [0.2, 0.25) is 0 Å². The number of thioether (sulfide) groups is 1. The molecule has 0 saturated carbocycles. The van der Waals surface area contributed by atoms with E-state index in [4.69, 9.17) is 0 Å². The molecule has 0 radical (unpaired) electrons. The molecular formula is C28H27N3O2S. The third-order valence-electron chi connectivity index (χ3n) is 6.52. The highest BCUT2D eigenvalue weighted by molar-refractivity contribution is 8.04. The first kappa shape index (κ1) is 22.3. The van der Waals surface area contributed by atoms with Gasteiger partial charge in [-0.2, -0.15) is 0 Å². The van der Waals surface area contributed by atoms with Crippen LogP contribution in [0.25, 0.3) is 0 Å². The molecule has 0 spiro atoms. The van der Waals surface area contributed by atoms with Gasteiger partial charge < -0.3 is 9.80 Å². The lowest BCUT2D eigenvalue weighted by Gasteiger charge is -2.37. The van der Waals surface area contributed by atoms with Crippen LogP contribution in [-0.4, -0.2) is 42.9 Å². The first-order valence-electron chi connectivity index (χ1n) is 11.5. The molecule has 34 heavy (non-hydrogen) atoms. The Balaban J connectivity index is 1.48. The summed E-state index contributed by atoms with van der Waals surface area (Å²) in [4.78, 5) is 34.8. The molecular weight excluding hydrogens is 442 g/mol. The molecule has 3 aromatic rings. The molecule has 0 bridgehead atoms. The monoisotopic (exact) mass is 469 g/mol. The van der Waals surface area contributed by atoms with Crippen molar-refractivity contribution in [2.75, 3.05) is 36.0 Å². The van der Waals surface area contributed by atoms with Crippen LogP contribution in [0.4, 0.5) is 11.4 Å². The highest BCUT2D eigenvalue weighted by Crippen LogP contribution is 2.40. The SMILES string of the molecule is Cc1cccc(N2C(=O)C(Sc3ccccc3)=C(N3CCN(c4ccccc4)CC3)C2=O)c1C. The van der Waals surface area contributed by atoms with Crippen LogP contribution in [0.15, 0.2) is 94.4 Å². The number of carbonyl (C=O) groups is 2. The van der Waals surface area contributed by atoms with Crippen LogP contribution < -0.4 is 9.80 Å². The average Bonchev–Trinajstić information content (AvgIpc) is 3.11. The van der Waals surface area contributed by atoms with E-state index in [1.807, 2.05) is 80.6 Å². The average molecular weight is 470 g/mol. The molecule has 5 nitrogen and oxygen atoms in total. The normalized spacial score (nSPS) is 16.6. The Labute approximate surface area is 204 Å². The number of carbonyl (C=O) groups excluding carboxylic acids is 2. The number of imide groups is 1. The van der Waals surface area contributed by atoms with E-state index in [1.54, 1.807) is 0 Å². The van der Waals surface area contributed by atoms with Crippen molar-refractivity contribution >= 4 is 35.0 Å². The van der Waals surface area contributed by atoms with Crippen LogP contribution in [0.3, 0.4) is 0 Å². The van der Waals surface area contributed by atoms with Gasteiger partial charge in [0.05, 0.1) is 5.69 Å². The second-order valence-electron chi connectivity index (χ2n) is 8.57. The number of nitrogens with zero attached hydrogens (tertiary/aromatic N) is 3. The van der Waals surface area contributed by atoms with Crippen molar-refractivity contribution in [3.05, 3.63) is 101 Å². The van der Waals surface area contributed by atoms with Gasteiger partial charge >= 0.3 is 0 Å². The zero-order chi connectivity index (χ0) is 23.7. The second kappa shape index (κ2) is 9.39. The Morgan fingerprint density at radius 3 is 1.97 bits per heavy atom. The molecule has 3 aromatic carbocycles. The lowest BCUT2D eigenvalue weighted by atomic mass is 10.1. The number of anilines is 2. The smallest absolute Gasteiger partial charge is 0.283 e. The van der Waals surface area contributed by atoms with Gasteiger partial charge in [-0.15, -0.1) is 0 Å². The molecule has 2 amide bonds. The first-order chi connectivity index (χ1) is 16.5. The number of hydrogen-bond acceptors (Lipinski definition) is 5. The number of benzene rings is 3. The molecule has 2 aliphatic rings. The number of amides is 2. The topological polar surface area (TPSA) is 43.9 Å². The molecule has 1 fully saturated rings. The predicted octanol–water partition coefficient (Wildman–Crippen LogP) is 5.00. The number of aryl methyl sites for hydroxylation is 1. The van der Waals surface area contributed by atoms with E-state index in [0.29, 0.717) is 29.4 Å². The minimum absolute atomic E-state index is 0.231. The molecule has 0 N–H and O–H groups in total. The van der Waals surface area contributed by atoms with Gasteiger partial charge in [0.1, 0.15) is 10.6 Å². The fourth-order valence-corrected chi connectivity index (χ4v) is 5.52. The van der Waals surface area contributed by atoms with Gasteiger partial charge in [-0.25, -0.2) is 4.90 Å². The quantitative estimate of drug-likeness (QED) is 0.492. The Morgan fingerprint density at radius 2 is 1.29 bits per heavy atom. The maximum atomic E-state index is 13.8. The molecule has 5 rings (SSSR count). The predicted molar refractivity (Wildman–Crippen MR) is 138 cm³/mol. The van der Waals surface area contributed by atoms with Crippen molar-refractivity contribution in [2.45, 2.75) is 18.7 Å². The Morgan fingerprint density at radius 1 is 0.676 bits per heavy atom. The van der Waals surface area contributed by atoms with Gasteiger partial charge in [0.25, 0.3) is 11.8 Å². The van der Waals surface area contributed by atoms with Crippen LogP contribution in [0.5, 0.6) is 0 Å². The van der Waals surface area contributed by atoms with E-state index < -0.39 is 0 Å². The summed E-state index contributed by atoms with van der Waals surface area (Å²) in [6.45, 7) is 6.92. The molecule has 0 aliphatic carbocycles. The Bertz CT molecular complexity index is 1250. The van der Waals surface area contributed by atoms with Crippen molar-refractivity contribution < 1.29 is 9.59 Å². The molecule has 0 aromatic heterocycles. The molecule has 6 heteroatoms. The van der Waals surface area contributed by atoms with Gasteiger partial charge in [-0.05, 0) is 55.3 Å². The van der Waals surface area contributed by atoms with Gasteiger partial charge in [0.15, 0.2) is 0 Å². The maximum Gasteiger partial charge on any atom is 0.283 e. The summed E-state index contributed by atoms with van der Waals surface area (Å²) in [6, 6.07) is 25.9. The van der Waals surface area contributed by atoms with Gasteiger partial charge in [-0.3, -0.25) is 9.59 Å². The second-order valence-corrected chi connectivity index (χ2v) is 9.65. The van der Waals surface area contributed by atoms with E-state index in [9.17, 15) is 9.59 Å². The fourth-order valence-electron chi connectivity index (χ4n) is 4.50. The van der Waals surface area contributed by atoms with Crippen molar-refractivity contribution in [1.82, 2.24) is 4.90 Å². The number of hydrogen-bond donors (Lipinski definition) is 0. The number of para-hydroxylation sites is 1. The van der Waals surface area contributed by atoms with Crippen molar-refractivity contribution in [2.24, 2.45) is 0 Å². The molecule has 2 aliphatic heterocycles. The van der Waals surface area contributed by atoms with E-state index >= 15 is 0 Å². The third kappa shape index (κ3) is 4.10. The molecule has 2 heterocycles. The molecule has 0 unspecified atom stereocenters. The van der Waals surface area contributed by atoms with Crippen LogP contribution in [-0.2, 0) is 9.59 Å². The summed E-state index contributed by atoms with van der Waals surface area (Å²) in [6.07, 6.45) is 0. The zero-order valence-corrected chi connectivity index (χ0v) is 20.2. The molecule has 172 valence electrons. The number of rotatable bonds is 5. The standard InChI is InChI=1S/C28H27N3O2S/c1-20-10-9-15-24(21(20)2)31-27(32)25(26(28(31)33)34-23-13-7-4-8-14-23)30-18-16-29(17-19-30)22-11-5-3-6-12-22/h3-15H,16-19H2,1-2H3. The van der Waals surface area contributed by atoms with Gasteiger partial charge in [0, 0.05) is 36.8 Å². The van der Waals surface area contributed by atoms with E-state index in [-0.39, 0.29) is 11.8 Å². The fraction of sp³-hybridized carbons (Fsp3) is 0.214. The maximum absolute atomic E-state index is 13.8. The zero-order valence-electron chi connectivity index (χ0n) is 19.4. The minimum Gasteiger partial charge on any atom is -0.368 e. The summed E-state index contributed by atoms with van der Waals surface area (Å²) in [5, 5.41) is 0. The molecule has 1 saturated heterocycles. The van der Waals surface area contributed by atoms with Gasteiger partial charge in [0.2, 0.25) is 0 Å². The third-order valence-corrected chi connectivity index (χ3v) is 7.60. The summed E-state index contributed by atoms with van der Waals surface area (Å²) in [5.74, 6) is -0.474. The van der Waals surface area contributed by atoms with Gasteiger partial charge in [-0.1, -0.05) is 60.3 Å². The number of piperazine rings is 1. The lowest BCUT2D eigenvalue weighted by Crippen LogP contribution is -2.47. The van der Waals surface area contributed by atoms with E-state index in [0.717, 1.165) is 29.1 Å². The summed E-state index contributed by atoms with van der Waals surface area (Å²) in [7, 11) is 0. The van der Waals surface area contributed by atoms with Crippen LogP contribution in [0, 0.1) is 13.8 Å². The highest BCUT2D eigenvalue weighted by atomic mass is 32.2. The summed E-state index contributed by atoms with van der Waals surface area (Å²) in [5.41, 5.74) is 4.37. The van der Waals surface area contributed by atoms with E-state index in [1.165, 1.54) is 22.3 Å². The summed E-state index contributed by atoms with van der Waals surface area (Å²) >= 11 is 1.38. The summed E-state index contributed by atoms with van der Waals surface area (Å²) < 4.78 is 0. The Kier molecular flexibility index (Phi) is 6.16. The Hall–Kier alpha value is -3.51. The minimum atomic E-state index is -0.243. The lowest BCUT2D eigenvalue weighted by molar-refractivity contribution is -0.121. The van der Waals surface area contributed by atoms with Crippen molar-refractivity contribution in [3.63, 3.8) is 0 Å². The van der Waals surface area contributed by atoms with Crippen molar-refractivity contribution in [1.29, 1.82) is 0 Å². The van der Waals surface area contributed by atoms with Crippen LogP contribution >= 0.6 is 11.8 Å². The molecule has 0 atom stereocenters. The van der Waals surface area contributed by atoms with E-state index in [2.05, 4.69) is 21.9 Å². The first-order valence-corrected chi connectivity index (χ1v) is 12.3. The van der Waals surface area contributed by atoms with Crippen LogP contribution in [0.1, 0.15) is 11.1 Å².